The van der Waals surface area contributed by atoms with Gasteiger partial charge in [0.2, 0.25) is 5.91 Å². The van der Waals surface area contributed by atoms with Crippen molar-refractivity contribution in [3.63, 3.8) is 0 Å². The molecule has 1 rings (SSSR count). The van der Waals surface area contributed by atoms with Gasteiger partial charge in [-0.15, -0.1) is 0 Å². The maximum atomic E-state index is 12.6. The van der Waals surface area contributed by atoms with Gasteiger partial charge < -0.3 is 10.4 Å². The molecule has 5 heteroatoms. The highest BCUT2D eigenvalue weighted by molar-refractivity contribution is 7.98. The molecule has 1 atom stereocenters. The average Bonchev–Trinajstić information content (AvgIpc) is 2.82. The summed E-state index contributed by atoms with van der Waals surface area (Å²) < 4.78 is 0. The molecule has 0 aromatic carbocycles. The zero-order chi connectivity index (χ0) is 15.2. The summed E-state index contributed by atoms with van der Waals surface area (Å²) in [5.74, 6) is 0.227. The number of aliphatic carboxylic acids is 1. The van der Waals surface area contributed by atoms with Crippen molar-refractivity contribution in [3.8, 4) is 0 Å². The molecular weight excluding hydrogens is 274 g/mol. The Hall–Kier alpha value is -0.710. The standard InChI is InChI=1S/C15H27NO3S/c1-11(2)10-15(7-4-5-8-15)14(19)16-12(13(17)18)6-9-20-3/h11-12H,4-10H2,1-3H3,(H,16,19)(H,17,18)/t12-/m0/s1. The first-order valence-electron chi connectivity index (χ1n) is 7.44. The number of carboxylic acid groups (broad SMARTS) is 1. The lowest BCUT2D eigenvalue weighted by molar-refractivity contribution is -0.144. The lowest BCUT2D eigenvalue weighted by Gasteiger charge is -2.31. The van der Waals surface area contributed by atoms with Crippen LogP contribution in [0.2, 0.25) is 0 Å². The SMILES string of the molecule is CSCC[C@H](NC(=O)C1(CC(C)C)CCCC1)C(=O)O. The topological polar surface area (TPSA) is 66.4 Å². The van der Waals surface area contributed by atoms with Crippen molar-refractivity contribution in [1.29, 1.82) is 0 Å². The van der Waals surface area contributed by atoms with Crippen molar-refractivity contribution in [2.45, 2.75) is 58.4 Å². The summed E-state index contributed by atoms with van der Waals surface area (Å²) in [7, 11) is 0. The molecular formula is C15H27NO3S. The number of carbonyl (C=O) groups is 2. The second-order valence-corrected chi connectivity index (χ2v) is 7.22. The van der Waals surface area contributed by atoms with E-state index in [1.807, 2.05) is 6.26 Å². The quantitative estimate of drug-likeness (QED) is 0.723. The monoisotopic (exact) mass is 301 g/mol. The second-order valence-electron chi connectivity index (χ2n) is 6.23. The van der Waals surface area contributed by atoms with Crippen LogP contribution in [0.5, 0.6) is 0 Å². The highest BCUT2D eigenvalue weighted by Crippen LogP contribution is 2.43. The third-order valence-corrected chi connectivity index (χ3v) is 4.70. The first-order chi connectivity index (χ1) is 9.41. The van der Waals surface area contributed by atoms with E-state index in [1.54, 1.807) is 11.8 Å². The van der Waals surface area contributed by atoms with Gasteiger partial charge in [-0.2, -0.15) is 11.8 Å². The maximum absolute atomic E-state index is 12.6. The van der Waals surface area contributed by atoms with Crippen LogP contribution in [0.1, 0.15) is 52.4 Å². The second kappa shape index (κ2) is 7.91. The molecule has 0 bridgehead atoms. The van der Waals surface area contributed by atoms with E-state index in [-0.39, 0.29) is 11.3 Å². The van der Waals surface area contributed by atoms with Crippen LogP contribution in [0.3, 0.4) is 0 Å². The van der Waals surface area contributed by atoms with Crippen LogP contribution in [0.15, 0.2) is 0 Å². The van der Waals surface area contributed by atoms with Crippen LogP contribution in [0.4, 0.5) is 0 Å². The summed E-state index contributed by atoms with van der Waals surface area (Å²) in [5.41, 5.74) is -0.332. The Morgan fingerprint density at radius 3 is 2.35 bits per heavy atom. The fraction of sp³-hybridized carbons (Fsp3) is 0.867. The van der Waals surface area contributed by atoms with Crippen molar-refractivity contribution in [2.24, 2.45) is 11.3 Å². The summed E-state index contributed by atoms with van der Waals surface area (Å²) in [5, 5.41) is 12.0. The van der Waals surface area contributed by atoms with Gasteiger partial charge in [0.1, 0.15) is 6.04 Å². The van der Waals surface area contributed by atoms with Gasteiger partial charge in [0.25, 0.3) is 0 Å². The Balaban J connectivity index is 2.71. The van der Waals surface area contributed by atoms with E-state index < -0.39 is 12.0 Å². The van der Waals surface area contributed by atoms with Gasteiger partial charge >= 0.3 is 5.97 Å². The van der Waals surface area contributed by atoms with E-state index in [0.717, 1.165) is 37.9 Å². The first-order valence-corrected chi connectivity index (χ1v) is 8.83. The zero-order valence-corrected chi connectivity index (χ0v) is 13.6. The third kappa shape index (κ3) is 4.69. The zero-order valence-electron chi connectivity index (χ0n) is 12.8. The van der Waals surface area contributed by atoms with Crippen LogP contribution in [0.25, 0.3) is 0 Å². The lowest BCUT2D eigenvalue weighted by Crippen LogP contribution is -2.48. The normalized spacial score (nSPS) is 19.0. The Kier molecular flexibility index (Phi) is 6.86. The van der Waals surface area contributed by atoms with Gasteiger partial charge in [-0.3, -0.25) is 4.79 Å². The molecule has 2 N–H and O–H groups in total. The fourth-order valence-electron chi connectivity index (χ4n) is 3.16. The Bertz CT molecular complexity index is 338. The molecule has 0 aromatic rings. The van der Waals surface area contributed by atoms with Crippen LogP contribution in [0, 0.1) is 11.3 Å². The number of hydrogen-bond donors (Lipinski definition) is 2. The molecule has 1 saturated carbocycles. The van der Waals surface area contributed by atoms with Gasteiger partial charge in [0.15, 0.2) is 0 Å². The largest absolute Gasteiger partial charge is 0.480 e. The molecule has 0 unspecified atom stereocenters. The van der Waals surface area contributed by atoms with Crippen molar-refractivity contribution in [2.75, 3.05) is 12.0 Å². The predicted molar refractivity (Wildman–Crippen MR) is 82.9 cm³/mol. The molecule has 1 aliphatic rings. The Morgan fingerprint density at radius 1 is 1.30 bits per heavy atom. The predicted octanol–water partition coefficient (Wildman–Crippen LogP) is 2.92. The van der Waals surface area contributed by atoms with Crippen LogP contribution < -0.4 is 5.32 Å². The third-order valence-electron chi connectivity index (χ3n) is 4.06. The number of nitrogens with one attached hydrogen (secondary N) is 1. The van der Waals surface area contributed by atoms with E-state index in [2.05, 4.69) is 19.2 Å². The van der Waals surface area contributed by atoms with E-state index in [0.29, 0.717) is 12.3 Å². The van der Waals surface area contributed by atoms with E-state index in [1.165, 1.54) is 0 Å². The minimum Gasteiger partial charge on any atom is -0.480 e. The number of carboxylic acids is 1. The maximum Gasteiger partial charge on any atom is 0.326 e. The molecule has 0 radical (unpaired) electrons. The molecule has 0 aliphatic heterocycles. The van der Waals surface area contributed by atoms with Crippen molar-refractivity contribution in [1.82, 2.24) is 5.32 Å². The molecule has 4 nitrogen and oxygen atoms in total. The molecule has 116 valence electrons. The molecule has 1 aliphatic carbocycles. The number of rotatable bonds is 8. The summed E-state index contributed by atoms with van der Waals surface area (Å²) >= 11 is 1.60. The number of amides is 1. The van der Waals surface area contributed by atoms with Gasteiger partial charge in [0.05, 0.1) is 0 Å². The van der Waals surface area contributed by atoms with Crippen molar-refractivity contribution >= 4 is 23.6 Å². The first kappa shape index (κ1) is 17.3. The summed E-state index contributed by atoms with van der Waals surface area (Å²) in [6, 6.07) is -0.750. The van der Waals surface area contributed by atoms with Crippen LogP contribution in [-0.4, -0.2) is 35.0 Å². The van der Waals surface area contributed by atoms with E-state index in [9.17, 15) is 14.7 Å². The van der Waals surface area contributed by atoms with E-state index >= 15 is 0 Å². The van der Waals surface area contributed by atoms with Gasteiger partial charge in [-0.25, -0.2) is 4.79 Å². The number of thioether (sulfide) groups is 1. The summed E-state index contributed by atoms with van der Waals surface area (Å²) in [4.78, 5) is 23.9. The highest BCUT2D eigenvalue weighted by Gasteiger charge is 2.42. The highest BCUT2D eigenvalue weighted by atomic mass is 32.2. The van der Waals surface area contributed by atoms with E-state index in [4.69, 9.17) is 0 Å². The fourth-order valence-corrected chi connectivity index (χ4v) is 3.63. The van der Waals surface area contributed by atoms with Gasteiger partial charge in [-0.05, 0) is 43.6 Å². The lowest BCUT2D eigenvalue weighted by atomic mass is 9.77. The van der Waals surface area contributed by atoms with Gasteiger partial charge in [0, 0.05) is 5.41 Å². The molecule has 1 fully saturated rings. The summed E-state index contributed by atoms with van der Waals surface area (Å²) in [6.45, 7) is 4.24. The minimum atomic E-state index is -0.926. The summed E-state index contributed by atoms with van der Waals surface area (Å²) in [6.07, 6.45) is 7.22. The molecule has 1 amide bonds. The van der Waals surface area contributed by atoms with Gasteiger partial charge in [-0.1, -0.05) is 26.7 Å². The average molecular weight is 301 g/mol. The number of hydrogen-bond acceptors (Lipinski definition) is 3. The molecule has 0 heterocycles. The Morgan fingerprint density at radius 2 is 1.90 bits per heavy atom. The molecule has 0 spiro atoms. The minimum absolute atomic E-state index is 0.0443. The smallest absolute Gasteiger partial charge is 0.326 e. The Labute approximate surface area is 126 Å². The molecule has 20 heavy (non-hydrogen) atoms. The molecule has 0 saturated heterocycles. The number of carbonyl (C=O) groups excluding carboxylic acids is 1. The van der Waals surface area contributed by atoms with Crippen LogP contribution >= 0.6 is 11.8 Å². The van der Waals surface area contributed by atoms with Crippen molar-refractivity contribution in [3.05, 3.63) is 0 Å². The molecule has 0 aromatic heterocycles. The van der Waals surface area contributed by atoms with Crippen LogP contribution in [-0.2, 0) is 9.59 Å². The van der Waals surface area contributed by atoms with Crippen molar-refractivity contribution < 1.29 is 14.7 Å².